The number of benzene rings is 2. The Hall–Kier alpha value is -1.82. The second-order valence-electron chi connectivity index (χ2n) is 10.5. The van der Waals surface area contributed by atoms with Crippen molar-refractivity contribution in [3.8, 4) is 11.5 Å². The van der Waals surface area contributed by atoms with Crippen molar-refractivity contribution < 1.29 is 23.7 Å². The van der Waals surface area contributed by atoms with Gasteiger partial charge in [0, 0.05) is 0 Å². The zero-order chi connectivity index (χ0) is 26.3. The molecule has 0 saturated heterocycles. The standard InChI is InChI=1S/C29H40O5SeSi/c1-8-10-17-31-28(21-15-16-24-25(18-21)33-20-32-24)27(19-34-36(6,7)29(3,4)5)35-26-14-12-11-13-22(26)23(30)9-2/h10-16,18,23,27-28,30H,1,9,17,19-20H2,2-7H3/t23-,27-,28+/m1/s1. The summed E-state index contributed by atoms with van der Waals surface area (Å²) in [6.45, 7) is 18.2. The van der Waals surface area contributed by atoms with Gasteiger partial charge in [-0.15, -0.1) is 0 Å². The van der Waals surface area contributed by atoms with Gasteiger partial charge in [0.25, 0.3) is 0 Å². The molecule has 36 heavy (non-hydrogen) atoms. The molecule has 1 aliphatic heterocycles. The Kier molecular flexibility index (Phi) is 10.1. The fourth-order valence-corrected chi connectivity index (χ4v) is 7.72. The zero-order valence-corrected chi connectivity index (χ0v) is 25.1. The maximum atomic E-state index is 10.7. The van der Waals surface area contributed by atoms with Crippen LogP contribution in [0.3, 0.4) is 0 Å². The second kappa shape index (κ2) is 12.6. The van der Waals surface area contributed by atoms with Crippen molar-refractivity contribution in [2.24, 2.45) is 0 Å². The van der Waals surface area contributed by atoms with Gasteiger partial charge in [-0.3, -0.25) is 0 Å². The summed E-state index contributed by atoms with van der Waals surface area (Å²) in [6, 6.07) is 14.2. The first-order valence-corrected chi connectivity index (χ1v) is 17.3. The zero-order valence-electron chi connectivity index (χ0n) is 22.4. The van der Waals surface area contributed by atoms with E-state index in [9.17, 15) is 5.11 Å². The van der Waals surface area contributed by atoms with Crippen LogP contribution in [-0.4, -0.2) is 48.4 Å². The summed E-state index contributed by atoms with van der Waals surface area (Å²) in [7, 11) is -2.00. The molecule has 5 nitrogen and oxygen atoms in total. The third-order valence-electron chi connectivity index (χ3n) is 6.92. The number of fused-ring (bicyclic) bond motifs is 1. The van der Waals surface area contributed by atoms with E-state index in [-0.39, 0.29) is 37.7 Å². The number of rotatable bonds is 12. The minimum atomic E-state index is -2.00. The van der Waals surface area contributed by atoms with E-state index >= 15 is 0 Å². The molecule has 0 aliphatic carbocycles. The number of ether oxygens (including phenoxy) is 3. The van der Waals surface area contributed by atoms with Gasteiger partial charge in [-0.25, -0.2) is 0 Å². The van der Waals surface area contributed by atoms with Crippen LogP contribution in [0.15, 0.2) is 60.9 Å². The van der Waals surface area contributed by atoms with Gasteiger partial charge in [0.1, 0.15) is 0 Å². The van der Waals surface area contributed by atoms with Gasteiger partial charge in [-0.05, 0) is 0 Å². The van der Waals surface area contributed by atoms with Gasteiger partial charge >= 0.3 is 224 Å². The number of hydrogen-bond acceptors (Lipinski definition) is 5. The second-order valence-corrected chi connectivity index (χ2v) is 18.0. The van der Waals surface area contributed by atoms with E-state index in [1.165, 1.54) is 4.46 Å². The van der Waals surface area contributed by atoms with E-state index in [2.05, 4.69) is 58.3 Å². The van der Waals surface area contributed by atoms with Crippen molar-refractivity contribution in [1.82, 2.24) is 0 Å². The van der Waals surface area contributed by atoms with Gasteiger partial charge in [-0.2, -0.15) is 0 Å². The van der Waals surface area contributed by atoms with Crippen LogP contribution in [0, 0.1) is 0 Å². The van der Waals surface area contributed by atoms with E-state index in [1.807, 2.05) is 37.3 Å². The van der Waals surface area contributed by atoms with Crippen molar-refractivity contribution in [2.45, 2.75) is 69.3 Å². The number of aliphatic hydroxyl groups excluding tert-OH is 1. The first-order valence-electron chi connectivity index (χ1n) is 12.5. The van der Waals surface area contributed by atoms with Gasteiger partial charge in [0.05, 0.1) is 0 Å². The quantitative estimate of drug-likeness (QED) is 0.245. The van der Waals surface area contributed by atoms with E-state index in [0.717, 1.165) is 22.6 Å². The molecule has 196 valence electrons. The van der Waals surface area contributed by atoms with E-state index in [0.29, 0.717) is 19.6 Å². The topological polar surface area (TPSA) is 57.2 Å². The summed E-state index contributed by atoms with van der Waals surface area (Å²) in [4.78, 5) is 0.0652. The number of aliphatic hydroxyl groups is 1. The Bertz CT molecular complexity index is 1060. The average molecular weight is 576 g/mol. The minimum absolute atomic E-state index is 0.0337. The molecule has 0 fully saturated rings. The summed E-state index contributed by atoms with van der Waals surface area (Å²) < 4.78 is 25.6. The maximum absolute atomic E-state index is 10.7. The van der Waals surface area contributed by atoms with Gasteiger partial charge in [0.2, 0.25) is 0 Å². The van der Waals surface area contributed by atoms with Gasteiger partial charge in [-0.1, -0.05) is 0 Å². The molecule has 0 bridgehead atoms. The molecule has 3 atom stereocenters. The molecule has 2 aromatic rings. The van der Waals surface area contributed by atoms with Crippen LogP contribution in [0.5, 0.6) is 11.5 Å². The predicted molar refractivity (Wildman–Crippen MR) is 149 cm³/mol. The number of hydrogen-bond donors (Lipinski definition) is 1. The molecule has 0 spiro atoms. The van der Waals surface area contributed by atoms with Crippen LogP contribution in [0.1, 0.15) is 57.5 Å². The molecule has 7 heteroatoms. The Morgan fingerprint density at radius 3 is 2.58 bits per heavy atom. The molecule has 0 aromatic heterocycles. The third kappa shape index (κ3) is 7.14. The van der Waals surface area contributed by atoms with Crippen molar-refractivity contribution in [3.63, 3.8) is 0 Å². The molecular formula is C29H40O5SeSi. The van der Waals surface area contributed by atoms with Crippen LogP contribution < -0.4 is 13.9 Å². The van der Waals surface area contributed by atoms with E-state index < -0.39 is 14.4 Å². The Morgan fingerprint density at radius 1 is 1.17 bits per heavy atom. The molecule has 0 saturated carbocycles. The summed E-state index contributed by atoms with van der Waals surface area (Å²) >= 11 is -0.0337. The molecule has 1 heterocycles. The molecular weight excluding hydrogens is 535 g/mol. The van der Waals surface area contributed by atoms with Crippen LogP contribution in [-0.2, 0) is 9.16 Å². The fourth-order valence-electron chi connectivity index (χ4n) is 3.66. The normalized spacial score (nSPS) is 15.8. The third-order valence-corrected chi connectivity index (χ3v) is 14.2. The molecule has 0 unspecified atom stereocenters. The Labute approximate surface area is 223 Å². The van der Waals surface area contributed by atoms with Crippen molar-refractivity contribution in [2.75, 3.05) is 20.0 Å². The summed E-state index contributed by atoms with van der Waals surface area (Å²) in [6.07, 6.45) is 1.75. The summed E-state index contributed by atoms with van der Waals surface area (Å²) in [5, 5.41) is 10.8. The Balaban J connectivity index is 2.01. The first-order chi connectivity index (χ1) is 17.1. The van der Waals surface area contributed by atoms with Crippen molar-refractivity contribution >= 4 is 27.7 Å². The molecule has 3 rings (SSSR count). The Morgan fingerprint density at radius 2 is 1.89 bits per heavy atom. The van der Waals surface area contributed by atoms with Crippen LogP contribution >= 0.6 is 0 Å². The average Bonchev–Trinajstić information content (AvgIpc) is 3.32. The van der Waals surface area contributed by atoms with Gasteiger partial charge in [0.15, 0.2) is 0 Å². The first kappa shape index (κ1) is 28.7. The summed E-state index contributed by atoms with van der Waals surface area (Å²) in [5.74, 6) is 1.48. The van der Waals surface area contributed by atoms with Crippen molar-refractivity contribution in [1.29, 1.82) is 0 Å². The fraction of sp³-hybridized carbons (Fsp3) is 0.483. The van der Waals surface area contributed by atoms with Crippen molar-refractivity contribution in [3.05, 3.63) is 72.0 Å². The summed E-state index contributed by atoms with van der Waals surface area (Å²) in [5.41, 5.74) is 4.83. The molecule has 1 aliphatic rings. The van der Waals surface area contributed by atoms with Gasteiger partial charge < -0.3 is 0 Å². The van der Waals surface area contributed by atoms with E-state index in [1.54, 1.807) is 6.08 Å². The molecule has 0 radical (unpaired) electrons. The molecule has 2 aromatic carbocycles. The van der Waals surface area contributed by atoms with E-state index in [4.69, 9.17) is 18.6 Å². The van der Waals surface area contributed by atoms with Crippen LogP contribution in [0.25, 0.3) is 0 Å². The molecule has 0 amide bonds. The molecule has 1 N–H and O–H groups in total. The van der Waals surface area contributed by atoms with Crippen LogP contribution in [0.4, 0.5) is 0 Å². The SMILES string of the molecule is C=C=CCO[C@@H](c1ccc2c(c1)OCO2)[C@@H](CO[Si](C)(C)C(C)(C)C)[Se]c1ccccc1[C@H](O)CC. The predicted octanol–water partition coefficient (Wildman–Crippen LogP) is 6.10. The monoisotopic (exact) mass is 576 g/mol. The van der Waals surface area contributed by atoms with Crippen LogP contribution in [0.2, 0.25) is 22.9 Å².